The number of ether oxygens (including phenoxy) is 4. The normalized spacial score (nSPS) is 15.0. The zero-order chi connectivity index (χ0) is 66.6. The first-order valence-corrected chi connectivity index (χ1v) is 39.2. The van der Waals surface area contributed by atoms with E-state index in [1.807, 2.05) is 0 Å². The number of phosphoric ester groups is 2. The SMILES string of the molecule is CCCCCC/C=C\C=C/CCCCCCCC(=O)O[C@H](COC(=O)CCCCCCCCC(C)CC)COP(=O)(O)OC[C@H](O)COP(=O)(O)OC[C@@H](COC(=O)CCCCCCCCCCC(C)C)OC(=O)CCCCCCCCCCCCC(C)CC. The Balaban J connectivity index is 5.30. The van der Waals surface area contributed by atoms with E-state index < -0.39 is 97.5 Å². The fraction of sp³-hybridized carbons (Fsp3) is 0.887. The molecule has 0 aliphatic carbocycles. The number of hydrogen-bond donors (Lipinski definition) is 3. The Morgan fingerprint density at radius 2 is 0.656 bits per heavy atom. The Kier molecular flexibility index (Phi) is 59.7. The van der Waals surface area contributed by atoms with Crippen LogP contribution in [0, 0.1) is 17.8 Å². The van der Waals surface area contributed by atoms with Gasteiger partial charge in [0.05, 0.1) is 26.4 Å². The molecule has 0 fully saturated rings. The quantitative estimate of drug-likeness (QED) is 0.0169. The van der Waals surface area contributed by atoms with E-state index in [1.165, 1.54) is 122 Å². The lowest BCUT2D eigenvalue weighted by atomic mass is 9.99. The van der Waals surface area contributed by atoms with E-state index in [1.54, 1.807) is 0 Å². The Hall–Kier alpha value is -2.46. The number of unbranched alkanes of at least 4 members (excludes halogenated alkanes) is 30. The Bertz CT molecular complexity index is 1860. The lowest BCUT2D eigenvalue weighted by Gasteiger charge is -2.21. The summed E-state index contributed by atoms with van der Waals surface area (Å²) in [6.07, 6.45) is 48.0. The summed E-state index contributed by atoms with van der Waals surface area (Å²) >= 11 is 0. The zero-order valence-corrected chi connectivity index (χ0v) is 59.9. The molecule has 0 rings (SSSR count). The smallest absolute Gasteiger partial charge is 0.462 e. The summed E-state index contributed by atoms with van der Waals surface area (Å²) in [5.74, 6) is 0.0958. The summed E-state index contributed by atoms with van der Waals surface area (Å²) in [5, 5.41) is 10.6. The van der Waals surface area contributed by atoms with Crippen LogP contribution in [-0.2, 0) is 65.4 Å². The maximum atomic E-state index is 13.0. The molecule has 0 bridgehead atoms. The van der Waals surface area contributed by atoms with Crippen LogP contribution in [0.25, 0.3) is 0 Å². The highest BCUT2D eigenvalue weighted by atomic mass is 31.2. The largest absolute Gasteiger partial charge is 0.472 e. The second kappa shape index (κ2) is 61.4. The Labute approximate surface area is 548 Å². The standard InChI is InChI=1S/C71H134O17P2/c1-8-11-12-13-14-15-16-17-18-19-20-24-31-40-47-54-70(75)88-67(59-82-69(74)53-46-39-34-33-37-44-51-64(7)10-3)61-86-90(79,80)84-57-65(72)56-83-89(77,78)85-60-66(58-81-68(73)52-45-38-30-27-26-28-35-42-49-62(4)5)87-71(76)55-48-41-32-25-22-21-23-29-36-43-50-63(6)9-2/h15-18,62-67,72H,8-14,19-61H2,1-7H3,(H,77,78)(H,79,80)/b16-15-,18-17-/t63?,64?,65-,66-,67-/m1/s1. The van der Waals surface area contributed by atoms with Gasteiger partial charge in [-0.05, 0) is 69.1 Å². The van der Waals surface area contributed by atoms with Crippen LogP contribution >= 0.6 is 15.6 Å². The van der Waals surface area contributed by atoms with E-state index in [9.17, 15) is 43.2 Å². The second-order valence-electron chi connectivity index (χ2n) is 25.9. The molecule has 0 aliphatic rings. The first-order valence-electron chi connectivity index (χ1n) is 36.2. The Morgan fingerprint density at radius 3 is 0.989 bits per heavy atom. The second-order valence-corrected chi connectivity index (χ2v) is 28.8. The van der Waals surface area contributed by atoms with E-state index in [4.69, 9.17) is 37.0 Å². The molecule has 0 heterocycles. The predicted octanol–water partition coefficient (Wildman–Crippen LogP) is 19.8. The lowest BCUT2D eigenvalue weighted by Crippen LogP contribution is -2.30. The first-order chi connectivity index (χ1) is 43.3. The fourth-order valence-electron chi connectivity index (χ4n) is 10.1. The van der Waals surface area contributed by atoms with Crippen molar-refractivity contribution in [3.8, 4) is 0 Å². The molecule has 0 aromatic heterocycles. The van der Waals surface area contributed by atoms with Crippen LogP contribution < -0.4 is 0 Å². The number of aliphatic hydroxyl groups is 1. The molecule has 0 amide bonds. The van der Waals surface area contributed by atoms with Gasteiger partial charge in [0.15, 0.2) is 12.2 Å². The molecule has 3 N–H and O–H groups in total. The lowest BCUT2D eigenvalue weighted by molar-refractivity contribution is -0.161. The monoisotopic (exact) mass is 1320 g/mol. The minimum atomic E-state index is -4.96. The molecule has 17 nitrogen and oxygen atoms in total. The number of phosphoric acid groups is 2. The van der Waals surface area contributed by atoms with Crippen molar-refractivity contribution in [2.45, 2.75) is 349 Å². The third-order valence-corrected chi connectivity index (χ3v) is 18.4. The van der Waals surface area contributed by atoms with E-state index in [2.05, 4.69) is 72.8 Å². The molecule has 0 saturated carbocycles. The van der Waals surface area contributed by atoms with Gasteiger partial charge >= 0.3 is 39.5 Å². The van der Waals surface area contributed by atoms with Gasteiger partial charge in [-0.15, -0.1) is 0 Å². The van der Waals surface area contributed by atoms with Crippen LogP contribution in [0.15, 0.2) is 24.3 Å². The molecule has 0 aromatic carbocycles. The Morgan fingerprint density at radius 1 is 0.367 bits per heavy atom. The maximum absolute atomic E-state index is 13.0. The van der Waals surface area contributed by atoms with Crippen molar-refractivity contribution in [2.75, 3.05) is 39.6 Å². The third kappa shape index (κ3) is 61.7. The molecule has 0 radical (unpaired) electrons. The van der Waals surface area contributed by atoms with Gasteiger partial charge in [-0.3, -0.25) is 37.3 Å². The van der Waals surface area contributed by atoms with Gasteiger partial charge in [0.25, 0.3) is 0 Å². The number of rotatable bonds is 67. The van der Waals surface area contributed by atoms with Crippen molar-refractivity contribution in [2.24, 2.45) is 17.8 Å². The predicted molar refractivity (Wildman–Crippen MR) is 363 cm³/mol. The highest BCUT2D eigenvalue weighted by Gasteiger charge is 2.30. The summed E-state index contributed by atoms with van der Waals surface area (Å²) in [6.45, 7) is 11.7. The van der Waals surface area contributed by atoms with Crippen molar-refractivity contribution in [1.82, 2.24) is 0 Å². The molecule has 0 spiro atoms. The van der Waals surface area contributed by atoms with Crippen molar-refractivity contribution < 1.29 is 80.2 Å². The minimum Gasteiger partial charge on any atom is -0.462 e. The molecular weight excluding hydrogens is 1190 g/mol. The molecule has 19 heteroatoms. The van der Waals surface area contributed by atoms with E-state index in [0.717, 1.165) is 127 Å². The van der Waals surface area contributed by atoms with Crippen LogP contribution in [0.3, 0.4) is 0 Å². The van der Waals surface area contributed by atoms with Gasteiger partial charge in [-0.1, -0.05) is 278 Å². The molecule has 0 aromatic rings. The van der Waals surface area contributed by atoms with Gasteiger partial charge in [0, 0.05) is 25.7 Å². The van der Waals surface area contributed by atoms with Crippen LogP contribution in [0.1, 0.15) is 331 Å². The van der Waals surface area contributed by atoms with Crippen molar-refractivity contribution in [3.05, 3.63) is 24.3 Å². The average Bonchev–Trinajstić information content (AvgIpc) is 2.30. The molecule has 7 atom stereocenters. The number of carbonyl (C=O) groups excluding carboxylic acids is 4. The van der Waals surface area contributed by atoms with Gasteiger partial charge in [0.1, 0.15) is 19.3 Å². The summed E-state index contributed by atoms with van der Waals surface area (Å²) in [5.41, 5.74) is 0. The molecular formula is C71H134O17P2. The molecule has 4 unspecified atom stereocenters. The van der Waals surface area contributed by atoms with E-state index in [0.29, 0.717) is 25.7 Å². The average molecular weight is 1320 g/mol. The maximum Gasteiger partial charge on any atom is 0.472 e. The number of hydrogen-bond acceptors (Lipinski definition) is 15. The minimum absolute atomic E-state index is 0.0836. The van der Waals surface area contributed by atoms with Crippen LogP contribution in [0.5, 0.6) is 0 Å². The van der Waals surface area contributed by atoms with Gasteiger partial charge in [0.2, 0.25) is 0 Å². The number of esters is 4. The number of allylic oxidation sites excluding steroid dienone is 4. The summed E-state index contributed by atoms with van der Waals surface area (Å²) in [7, 11) is -9.92. The topological polar surface area (TPSA) is 237 Å². The van der Waals surface area contributed by atoms with E-state index >= 15 is 0 Å². The highest BCUT2D eigenvalue weighted by Crippen LogP contribution is 2.45. The zero-order valence-electron chi connectivity index (χ0n) is 58.1. The van der Waals surface area contributed by atoms with Crippen LogP contribution in [-0.4, -0.2) is 96.7 Å². The fourth-order valence-corrected chi connectivity index (χ4v) is 11.7. The van der Waals surface area contributed by atoms with E-state index in [-0.39, 0.29) is 25.7 Å². The van der Waals surface area contributed by atoms with Gasteiger partial charge < -0.3 is 33.8 Å². The van der Waals surface area contributed by atoms with Crippen LogP contribution in [0.4, 0.5) is 0 Å². The molecule has 530 valence electrons. The summed E-state index contributed by atoms with van der Waals surface area (Å²) < 4.78 is 68.3. The molecule has 0 saturated heterocycles. The first kappa shape index (κ1) is 87.5. The van der Waals surface area contributed by atoms with Crippen LogP contribution in [0.2, 0.25) is 0 Å². The molecule has 0 aliphatic heterocycles. The number of carbonyl (C=O) groups is 4. The van der Waals surface area contributed by atoms with Gasteiger partial charge in [-0.25, -0.2) is 9.13 Å². The summed E-state index contributed by atoms with van der Waals surface area (Å²) in [4.78, 5) is 72.5. The highest BCUT2D eigenvalue weighted by molar-refractivity contribution is 7.47. The number of aliphatic hydroxyl groups excluding tert-OH is 1. The van der Waals surface area contributed by atoms with Crippen molar-refractivity contribution >= 4 is 39.5 Å². The van der Waals surface area contributed by atoms with Crippen molar-refractivity contribution in [1.29, 1.82) is 0 Å². The summed E-state index contributed by atoms with van der Waals surface area (Å²) in [6, 6.07) is 0. The molecule has 90 heavy (non-hydrogen) atoms. The van der Waals surface area contributed by atoms with Crippen molar-refractivity contribution in [3.63, 3.8) is 0 Å². The third-order valence-electron chi connectivity index (χ3n) is 16.5. The van der Waals surface area contributed by atoms with Gasteiger partial charge in [-0.2, -0.15) is 0 Å².